The zero-order valence-electron chi connectivity index (χ0n) is 17.4. The summed E-state index contributed by atoms with van der Waals surface area (Å²) in [4.78, 5) is 12.4. The Morgan fingerprint density at radius 2 is 1.72 bits per heavy atom. The summed E-state index contributed by atoms with van der Waals surface area (Å²) in [5, 5.41) is 11.8. The second-order valence-corrected chi connectivity index (χ2v) is 7.70. The number of hydrogen-bond acceptors (Lipinski definition) is 5. The van der Waals surface area contributed by atoms with Crippen LogP contribution in [0, 0.1) is 5.82 Å². The molecule has 4 aromatic rings. The van der Waals surface area contributed by atoms with E-state index in [4.69, 9.17) is 4.74 Å². The van der Waals surface area contributed by atoms with E-state index in [1.54, 1.807) is 22.8 Å². The summed E-state index contributed by atoms with van der Waals surface area (Å²) < 4.78 is 21.8. The SMILES string of the molecule is CCOc1ccc(-c2nnc(SCC(=O)Nc3ccccc3)n2-c2ccccc2F)cc1. The molecule has 0 saturated carbocycles. The molecule has 6 nitrogen and oxygen atoms in total. The number of carbonyl (C=O) groups excluding carboxylic acids is 1. The maximum Gasteiger partial charge on any atom is 0.234 e. The Balaban J connectivity index is 1.62. The second kappa shape index (κ2) is 10.1. The fraction of sp³-hybridized carbons (Fsp3) is 0.125. The van der Waals surface area contributed by atoms with Gasteiger partial charge in [0, 0.05) is 11.3 Å². The largest absolute Gasteiger partial charge is 0.494 e. The molecule has 0 spiro atoms. The number of rotatable bonds is 8. The van der Waals surface area contributed by atoms with Crippen molar-refractivity contribution in [1.82, 2.24) is 14.8 Å². The molecule has 0 fully saturated rings. The fourth-order valence-electron chi connectivity index (χ4n) is 3.12. The number of hydrogen-bond donors (Lipinski definition) is 1. The van der Waals surface area contributed by atoms with E-state index in [0.29, 0.717) is 29.0 Å². The van der Waals surface area contributed by atoms with Crippen LogP contribution in [-0.4, -0.2) is 33.0 Å². The van der Waals surface area contributed by atoms with Gasteiger partial charge in [-0.1, -0.05) is 42.1 Å². The van der Waals surface area contributed by atoms with Gasteiger partial charge in [-0.3, -0.25) is 9.36 Å². The molecule has 1 N–H and O–H groups in total. The molecule has 32 heavy (non-hydrogen) atoms. The summed E-state index contributed by atoms with van der Waals surface area (Å²) in [6, 6.07) is 23.0. The highest BCUT2D eigenvalue weighted by Crippen LogP contribution is 2.30. The zero-order valence-corrected chi connectivity index (χ0v) is 18.2. The van der Waals surface area contributed by atoms with Crippen LogP contribution >= 0.6 is 11.8 Å². The lowest BCUT2D eigenvalue weighted by Crippen LogP contribution is -2.14. The first kappa shape index (κ1) is 21.6. The fourth-order valence-corrected chi connectivity index (χ4v) is 3.86. The molecule has 0 aliphatic carbocycles. The molecule has 0 radical (unpaired) electrons. The van der Waals surface area contributed by atoms with E-state index in [-0.39, 0.29) is 11.7 Å². The molecule has 8 heteroatoms. The number of benzene rings is 3. The molecule has 0 aliphatic rings. The van der Waals surface area contributed by atoms with Gasteiger partial charge in [0.15, 0.2) is 11.0 Å². The van der Waals surface area contributed by atoms with Gasteiger partial charge in [-0.15, -0.1) is 10.2 Å². The minimum absolute atomic E-state index is 0.102. The average Bonchev–Trinajstić information content (AvgIpc) is 3.23. The van der Waals surface area contributed by atoms with Crippen molar-refractivity contribution in [3.63, 3.8) is 0 Å². The van der Waals surface area contributed by atoms with E-state index in [1.807, 2.05) is 61.5 Å². The molecular weight excluding hydrogens is 427 g/mol. The van der Waals surface area contributed by atoms with Crippen molar-refractivity contribution in [2.24, 2.45) is 0 Å². The van der Waals surface area contributed by atoms with E-state index in [9.17, 15) is 9.18 Å². The lowest BCUT2D eigenvalue weighted by molar-refractivity contribution is -0.113. The van der Waals surface area contributed by atoms with Crippen molar-refractivity contribution in [1.29, 1.82) is 0 Å². The van der Waals surface area contributed by atoms with Gasteiger partial charge < -0.3 is 10.1 Å². The van der Waals surface area contributed by atoms with Gasteiger partial charge in [0.2, 0.25) is 5.91 Å². The van der Waals surface area contributed by atoms with Crippen LogP contribution in [0.25, 0.3) is 17.1 Å². The first-order valence-corrected chi connectivity index (χ1v) is 11.1. The van der Waals surface area contributed by atoms with E-state index in [1.165, 1.54) is 17.8 Å². The summed E-state index contributed by atoms with van der Waals surface area (Å²) in [5.74, 6) is 0.719. The summed E-state index contributed by atoms with van der Waals surface area (Å²) in [6.45, 7) is 2.48. The molecule has 1 amide bonds. The predicted molar refractivity (Wildman–Crippen MR) is 124 cm³/mol. The smallest absolute Gasteiger partial charge is 0.234 e. The molecule has 1 heterocycles. The van der Waals surface area contributed by atoms with Gasteiger partial charge in [0.1, 0.15) is 11.6 Å². The maximum absolute atomic E-state index is 14.7. The Kier molecular flexibility index (Phi) is 6.81. The maximum atomic E-state index is 14.7. The van der Waals surface area contributed by atoms with Crippen LogP contribution in [0.4, 0.5) is 10.1 Å². The zero-order chi connectivity index (χ0) is 22.3. The normalized spacial score (nSPS) is 10.7. The van der Waals surface area contributed by atoms with Gasteiger partial charge in [-0.05, 0) is 55.5 Å². The quantitative estimate of drug-likeness (QED) is 0.375. The first-order valence-electron chi connectivity index (χ1n) is 10.1. The third kappa shape index (κ3) is 4.97. The highest BCUT2D eigenvalue weighted by Gasteiger charge is 2.19. The monoisotopic (exact) mass is 448 g/mol. The van der Waals surface area contributed by atoms with Crippen LogP contribution < -0.4 is 10.1 Å². The Bertz CT molecular complexity index is 1200. The minimum atomic E-state index is -0.407. The van der Waals surface area contributed by atoms with Crippen LogP contribution in [0.3, 0.4) is 0 Å². The molecule has 0 saturated heterocycles. The molecule has 0 unspecified atom stereocenters. The number of carbonyl (C=O) groups is 1. The highest BCUT2D eigenvalue weighted by atomic mass is 32.2. The van der Waals surface area contributed by atoms with Crippen molar-refractivity contribution in [2.45, 2.75) is 12.1 Å². The second-order valence-electron chi connectivity index (χ2n) is 6.75. The van der Waals surface area contributed by atoms with Crippen molar-refractivity contribution >= 4 is 23.4 Å². The topological polar surface area (TPSA) is 69.0 Å². The predicted octanol–water partition coefficient (Wildman–Crippen LogP) is 5.20. The highest BCUT2D eigenvalue weighted by molar-refractivity contribution is 7.99. The third-order valence-corrected chi connectivity index (χ3v) is 5.47. The van der Waals surface area contributed by atoms with Gasteiger partial charge in [0.25, 0.3) is 0 Å². The lowest BCUT2D eigenvalue weighted by Gasteiger charge is -2.12. The number of nitrogens with one attached hydrogen (secondary N) is 1. The summed E-state index contributed by atoms with van der Waals surface area (Å²) in [7, 11) is 0. The van der Waals surface area contributed by atoms with E-state index < -0.39 is 5.82 Å². The van der Waals surface area contributed by atoms with Gasteiger partial charge in [-0.2, -0.15) is 0 Å². The number of aromatic nitrogens is 3. The number of thioether (sulfide) groups is 1. The van der Waals surface area contributed by atoms with E-state index in [0.717, 1.165) is 11.3 Å². The summed E-state index contributed by atoms with van der Waals surface area (Å²) in [5.41, 5.74) is 1.78. The van der Waals surface area contributed by atoms with Crippen LogP contribution in [0.2, 0.25) is 0 Å². The van der Waals surface area contributed by atoms with Crippen molar-refractivity contribution < 1.29 is 13.9 Å². The molecule has 4 rings (SSSR count). The molecule has 162 valence electrons. The van der Waals surface area contributed by atoms with Crippen molar-refractivity contribution in [3.05, 3.63) is 84.7 Å². The van der Waals surface area contributed by atoms with Gasteiger partial charge in [0.05, 0.1) is 18.0 Å². The van der Waals surface area contributed by atoms with E-state index in [2.05, 4.69) is 15.5 Å². The van der Waals surface area contributed by atoms with Crippen LogP contribution in [0.1, 0.15) is 6.92 Å². The number of ether oxygens (including phenoxy) is 1. The number of halogens is 1. The van der Waals surface area contributed by atoms with Gasteiger partial charge >= 0.3 is 0 Å². The standard InChI is InChI=1S/C24H21FN4O2S/c1-2-31-19-14-12-17(13-15-19)23-27-28-24(29(23)21-11-7-6-10-20(21)25)32-16-22(30)26-18-8-4-3-5-9-18/h3-15H,2,16H2,1H3,(H,26,30). The number of amides is 1. The van der Waals surface area contributed by atoms with Gasteiger partial charge in [-0.25, -0.2) is 4.39 Å². The molecular formula is C24H21FN4O2S. The summed E-state index contributed by atoms with van der Waals surface area (Å²) in [6.07, 6.45) is 0. The van der Waals surface area contributed by atoms with Crippen LogP contribution in [-0.2, 0) is 4.79 Å². The Morgan fingerprint density at radius 1 is 1.00 bits per heavy atom. The molecule has 3 aromatic carbocycles. The average molecular weight is 449 g/mol. The molecule has 0 bridgehead atoms. The number of anilines is 1. The molecule has 0 aliphatic heterocycles. The van der Waals surface area contributed by atoms with Crippen LogP contribution in [0.15, 0.2) is 84.0 Å². The Hall–Kier alpha value is -3.65. The van der Waals surface area contributed by atoms with Crippen LogP contribution in [0.5, 0.6) is 5.75 Å². The van der Waals surface area contributed by atoms with Crippen molar-refractivity contribution in [2.75, 3.05) is 17.7 Å². The minimum Gasteiger partial charge on any atom is -0.494 e. The molecule has 0 atom stereocenters. The molecule has 1 aromatic heterocycles. The third-order valence-electron chi connectivity index (χ3n) is 4.54. The number of nitrogens with zero attached hydrogens (tertiary/aromatic N) is 3. The van der Waals surface area contributed by atoms with Crippen molar-refractivity contribution in [3.8, 4) is 22.8 Å². The number of para-hydroxylation sites is 2. The van der Waals surface area contributed by atoms with E-state index >= 15 is 0 Å². The lowest BCUT2D eigenvalue weighted by atomic mass is 10.2. The first-order chi connectivity index (χ1) is 15.7. The summed E-state index contributed by atoms with van der Waals surface area (Å²) >= 11 is 1.19. The Morgan fingerprint density at radius 3 is 2.44 bits per heavy atom. The Labute approximate surface area is 189 Å².